The molecule has 1 fully saturated rings. The molecule has 0 amide bonds. The normalized spacial score (nSPS) is 22.5. The Kier molecular flexibility index (Phi) is 6.15. The molecule has 1 saturated heterocycles. The summed E-state index contributed by atoms with van der Waals surface area (Å²) in [5.41, 5.74) is 2.12. The summed E-state index contributed by atoms with van der Waals surface area (Å²) in [6.45, 7) is 13.1. The van der Waals surface area contributed by atoms with Gasteiger partial charge in [-0.05, 0) is 36.2 Å². The number of nitrogens with zero attached hydrogens (tertiary/aromatic N) is 3. The molecule has 5 nitrogen and oxygen atoms in total. The summed E-state index contributed by atoms with van der Waals surface area (Å²) in [5, 5.41) is 15.6. The highest BCUT2D eigenvalue weighted by Gasteiger charge is 2.44. The van der Waals surface area contributed by atoms with Gasteiger partial charge in [-0.2, -0.15) is 5.10 Å². The average molecular weight is 402 g/mol. The zero-order chi connectivity index (χ0) is 20.5. The van der Waals surface area contributed by atoms with Gasteiger partial charge in [0.25, 0.3) is 0 Å². The summed E-state index contributed by atoms with van der Waals surface area (Å²) in [6, 6.07) is 12.4. The second-order valence-corrected chi connectivity index (χ2v) is 14.3. The minimum atomic E-state index is -1.86. The molecule has 1 aliphatic heterocycles. The lowest BCUT2D eigenvalue weighted by atomic mass is 10.0. The van der Waals surface area contributed by atoms with Crippen LogP contribution < -0.4 is 0 Å². The number of hydrogen-bond acceptors (Lipinski definition) is 4. The summed E-state index contributed by atoms with van der Waals surface area (Å²) in [7, 11) is 0.0286. The maximum Gasteiger partial charge on any atom is 0.192 e. The van der Waals surface area contributed by atoms with Crippen LogP contribution in [-0.4, -0.2) is 46.8 Å². The molecule has 2 heterocycles. The Hall–Kier alpha value is -1.47. The molecule has 28 heavy (non-hydrogen) atoms. The van der Waals surface area contributed by atoms with Gasteiger partial charge in [0, 0.05) is 32.4 Å². The predicted octanol–water partition coefficient (Wildman–Crippen LogP) is 4.12. The van der Waals surface area contributed by atoms with E-state index in [4.69, 9.17) is 4.43 Å². The van der Waals surface area contributed by atoms with E-state index < -0.39 is 14.4 Å². The van der Waals surface area contributed by atoms with Gasteiger partial charge in [0.2, 0.25) is 0 Å². The van der Waals surface area contributed by atoms with E-state index in [2.05, 4.69) is 68.1 Å². The predicted molar refractivity (Wildman–Crippen MR) is 115 cm³/mol. The molecule has 0 radical (unpaired) electrons. The van der Waals surface area contributed by atoms with Crippen LogP contribution in [0.2, 0.25) is 18.1 Å². The molecule has 1 aromatic carbocycles. The summed E-state index contributed by atoms with van der Waals surface area (Å²) in [6.07, 6.45) is 2.16. The van der Waals surface area contributed by atoms with Gasteiger partial charge in [-0.1, -0.05) is 51.1 Å². The fourth-order valence-corrected chi connectivity index (χ4v) is 5.13. The van der Waals surface area contributed by atoms with Crippen LogP contribution in [0.1, 0.15) is 44.6 Å². The van der Waals surface area contributed by atoms with Gasteiger partial charge in [-0.15, -0.1) is 0 Å². The molecule has 0 spiro atoms. The minimum Gasteiger partial charge on any atom is -0.413 e. The van der Waals surface area contributed by atoms with Gasteiger partial charge in [-0.3, -0.25) is 9.58 Å². The highest BCUT2D eigenvalue weighted by molar-refractivity contribution is 6.74. The Morgan fingerprint density at radius 1 is 1.21 bits per heavy atom. The standard InChI is InChI=1S/C22H35N3O2Si/c1-22(2,3)28(5,6)27-18-14-20(21(26)19-12-13-23-24(19)4)25(16-18)15-17-10-8-7-9-11-17/h7-13,18,20-21,26H,14-16H2,1-6H3. The molecule has 3 rings (SSSR count). The average Bonchev–Trinajstić information content (AvgIpc) is 3.20. The third-order valence-corrected chi connectivity index (χ3v) is 11.0. The van der Waals surface area contributed by atoms with Gasteiger partial charge in [0.15, 0.2) is 8.32 Å². The van der Waals surface area contributed by atoms with Crippen LogP contribution in [0.15, 0.2) is 42.6 Å². The minimum absolute atomic E-state index is 0.0189. The van der Waals surface area contributed by atoms with E-state index in [1.807, 2.05) is 19.2 Å². The first-order valence-corrected chi connectivity index (χ1v) is 13.1. The zero-order valence-electron chi connectivity index (χ0n) is 18.1. The zero-order valence-corrected chi connectivity index (χ0v) is 19.1. The Balaban J connectivity index is 1.81. The quantitative estimate of drug-likeness (QED) is 0.740. The van der Waals surface area contributed by atoms with Crippen molar-refractivity contribution in [1.29, 1.82) is 0 Å². The topological polar surface area (TPSA) is 50.5 Å². The smallest absolute Gasteiger partial charge is 0.192 e. The number of aromatic nitrogens is 2. The monoisotopic (exact) mass is 401 g/mol. The number of aryl methyl sites for hydroxylation is 1. The lowest BCUT2D eigenvalue weighted by molar-refractivity contribution is 0.0629. The highest BCUT2D eigenvalue weighted by Crippen LogP contribution is 2.40. The first kappa shape index (κ1) is 21.2. The van der Waals surface area contributed by atoms with Crippen LogP contribution in [-0.2, 0) is 18.0 Å². The SMILES string of the molecule is Cn1nccc1C(O)C1CC(O[Si](C)(C)C(C)(C)C)CN1Cc1ccccc1. The van der Waals surface area contributed by atoms with E-state index in [-0.39, 0.29) is 17.2 Å². The van der Waals surface area contributed by atoms with Crippen LogP contribution in [0.5, 0.6) is 0 Å². The fourth-order valence-electron chi connectivity index (χ4n) is 3.77. The van der Waals surface area contributed by atoms with Gasteiger partial charge >= 0.3 is 0 Å². The van der Waals surface area contributed by atoms with Crippen molar-refractivity contribution in [2.24, 2.45) is 7.05 Å². The number of hydrogen-bond donors (Lipinski definition) is 1. The van der Waals surface area contributed by atoms with Crippen LogP contribution in [0, 0.1) is 0 Å². The molecular formula is C22H35N3O2Si. The second-order valence-electron chi connectivity index (χ2n) is 9.54. The third kappa shape index (κ3) is 4.57. The first-order chi connectivity index (χ1) is 13.1. The molecule has 3 atom stereocenters. The number of aliphatic hydroxyl groups is 1. The molecule has 1 N–H and O–H groups in total. The summed E-state index contributed by atoms with van der Waals surface area (Å²) < 4.78 is 8.49. The third-order valence-electron chi connectivity index (χ3n) is 6.43. The van der Waals surface area contributed by atoms with Gasteiger partial charge < -0.3 is 9.53 Å². The number of rotatable bonds is 6. The highest BCUT2D eigenvalue weighted by atomic mass is 28.4. The van der Waals surface area contributed by atoms with Crippen LogP contribution in [0.3, 0.4) is 0 Å². The molecule has 0 saturated carbocycles. The molecule has 2 aromatic rings. The van der Waals surface area contributed by atoms with Crippen LogP contribution >= 0.6 is 0 Å². The summed E-state index contributed by atoms with van der Waals surface area (Å²) in [4.78, 5) is 2.38. The van der Waals surface area contributed by atoms with E-state index in [0.717, 1.165) is 25.2 Å². The number of likely N-dealkylation sites (tertiary alicyclic amines) is 1. The maximum absolute atomic E-state index is 11.2. The lowest BCUT2D eigenvalue weighted by Gasteiger charge is -2.38. The molecule has 1 aromatic heterocycles. The van der Waals surface area contributed by atoms with E-state index in [9.17, 15) is 5.11 Å². The van der Waals surface area contributed by atoms with Crippen molar-refractivity contribution in [2.75, 3.05) is 6.54 Å². The fraction of sp³-hybridized carbons (Fsp3) is 0.591. The Morgan fingerprint density at radius 3 is 2.46 bits per heavy atom. The molecule has 3 unspecified atom stereocenters. The number of benzene rings is 1. The van der Waals surface area contributed by atoms with Crippen molar-refractivity contribution in [2.45, 2.75) is 70.1 Å². The molecular weight excluding hydrogens is 366 g/mol. The van der Waals surface area contributed by atoms with Crippen molar-refractivity contribution in [1.82, 2.24) is 14.7 Å². The maximum atomic E-state index is 11.2. The largest absolute Gasteiger partial charge is 0.413 e. The van der Waals surface area contributed by atoms with E-state index in [1.54, 1.807) is 10.9 Å². The molecule has 6 heteroatoms. The van der Waals surface area contributed by atoms with Crippen LogP contribution in [0.4, 0.5) is 0 Å². The second kappa shape index (κ2) is 8.11. The summed E-state index contributed by atoms with van der Waals surface area (Å²) in [5.74, 6) is 0. The van der Waals surface area contributed by atoms with E-state index in [0.29, 0.717) is 0 Å². The van der Waals surface area contributed by atoms with Crippen molar-refractivity contribution in [3.63, 3.8) is 0 Å². The molecule has 1 aliphatic rings. The summed E-state index contributed by atoms with van der Waals surface area (Å²) >= 11 is 0. The van der Waals surface area contributed by atoms with Gasteiger partial charge in [0.1, 0.15) is 6.10 Å². The molecule has 0 bridgehead atoms. The molecule has 154 valence electrons. The number of aliphatic hydroxyl groups excluding tert-OH is 1. The van der Waals surface area contributed by atoms with Crippen molar-refractivity contribution in [3.05, 3.63) is 53.9 Å². The first-order valence-electron chi connectivity index (χ1n) is 10.2. The Bertz CT molecular complexity index is 770. The van der Waals surface area contributed by atoms with Crippen molar-refractivity contribution in [3.8, 4) is 0 Å². The van der Waals surface area contributed by atoms with Crippen molar-refractivity contribution < 1.29 is 9.53 Å². The van der Waals surface area contributed by atoms with Crippen molar-refractivity contribution >= 4 is 8.32 Å². The molecule has 0 aliphatic carbocycles. The Labute approximate surface area is 170 Å². The van der Waals surface area contributed by atoms with Gasteiger partial charge in [0.05, 0.1) is 11.8 Å². The van der Waals surface area contributed by atoms with Gasteiger partial charge in [-0.25, -0.2) is 0 Å². The Morgan fingerprint density at radius 2 is 1.89 bits per heavy atom. The lowest BCUT2D eigenvalue weighted by Crippen LogP contribution is -2.44. The van der Waals surface area contributed by atoms with Crippen LogP contribution in [0.25, 0.3) is 0 Å². The van der Waals surface area contributed by atoms with E-state index >= 15 is 0 Å². The van der Waals surface area contributed by atoms with E-state index in [1.165, 1.54) is 5.56 Å².